The standard InChI is InChI=1S/C17H15N3O2/c1-11-2-4-12(5-3-11)13-6-8-14(9-7-13)20-16-15(17(21)22)18-10-19-16/h2-10,20H,1H3,(H,18,19)(H,21,22). The molecule has 5 heteroatoms. The van der Waals surface area contributed by atoms with Gasteiger partial charge in [0.25, 0.3) is 0 Å². The van der Waals surface area contributed by atoms with Gasteiger partial charge < -0.3 is 15.4 Å². The van der Waals surface area contributed by atoms with E-state index in [4.69, 9.17) is 5.11 Å². The zero-order valence-electron chi connectivity index (χ0n) is 12.0. The van der Waals surface area contributed by atoms with E-state index in [0.29, 0.717) is 5.82 Å². The topological polar surface area (TPSA) is 78.0 Å². The van der Waals surface area contributed by atoms with Crippen molar-refractivity contribution in [2.45, 2.75) is 6.92 Å². The fourth-order valence-corrected chi connectivity index (χ4v) is 2.18. The van der Waals surface area contributed by atoms with Gasteiger partial charge in [-0.25, -0.2) is 9.78 Å². The van der Waals surface area contributed by atoms with E-state index >= 15 is 0 Å². The van der Waals surface area contributed by atoms with Crippen LogP contribution in [0.25, 0.3) is 11.1 Å². The Bertz CT molecular complexity index is 790. The van der Waals surface area contributed by atoms with Crippen molar-refractivity contribution >= 4 is 17.5 Å². The van der Waals surface area contributed by atoms with Gasteiger partial charge >= 0.3 is 5.97 Å². The number of aryl methyl sites for hydroxylation is 1. The van der Waals surface area contributed by atoms with Gasteiger partial charge in [-0.3, -0.25) is 0 Å². The van der Waals surface area contributed by atoms with Gasteiger partial charge in [0.15, 0.2) is 11.5 Å². The highest BCUT2D eigenvalue weighted by Crippen LogP contribution is 2.24. The molecule has 0 fully saturated rings. The van der Waals surface area contributed by atoms with Crippen LogP contribution in [0.2, 0.25) is 0 Å². The quantitative estimate of drug-likeness (QED) is 0.683. The third-order valence-electron chi connectivity index (χ3n) is 3.39. The van der Waals surface area contributed by atoms with Gasteiger partial charge in [0, 0.05) is 5.69 Å². The molecule has 0 spiro atoms. The van der Waals surface area contributed by atoms with Crippen molar-refractivity contribution in [2.24, 2.45) is 0 Å². The van der Waals surface area contributed by atoms with Crippen LogP contribution in [0.1, 0.15) is 16.1 Å². The fraction of sp³-hybridized carbons (Fsp3) is 0.0588. The Hall–Kier alpha value is -3.08. The zero-order valence-corrected chi connectivity index (χ0v) is 12.0. The predicted octanol–water partition coefficient (Wildman–Crippen LogP) is 3.83. The number of hydrogen-bond acceptors (Lipinski definition) is 3. The number of rotatable bonds is 4. The third-order valence-corrected chi connectivity index (χ3v) is 3.39. The molecule has 5 nitrogen and oxygen atoms in total. The molecule has 0 aliphatic rings. The second-order valence-corrected chi connectivity index (χ2v) is 5.00. The summed E-state index contributed by atoms with van der Waals surface area (Å²) >= 11 is 0. The van der Waals surface area contributed by atoms with Crippen LogP contribution in [-0.2, 0) is 0 Å². The lowest BCUT2D eigenvalue weighted by Crippen LogP contribution is -2.02. The van der Waals surface area contributed by atoms with E-state index in [0.717, 1.165) is 16.8 Å². The molecule has 1 heterocycles. The van der Waals surface area contributed by atoms with Gasteiger partial charge in [-0.1, -0.05) is 42.0 Å². The number of nitrogens with one attached hydrogen (secondary N) is 2. The number of carboxylic acid groups (broad SMARTS) is 1. The van der Waals surface area contributed by atoms with Gasteiger partial charge in [0.2, 0.25) is 0 Å². The minimum absolute atomic E-state index is 0.0441. The van der Waals surface area contributed by atoms with E-state index in [1.165, 1.54) is 11.9 Å². The molecule has 3 N–H and O–H groups in total. The van der Waals surface area contributed by atoms with E-state index in [1.807, 2.05) is 24.3 Å². The minimum Gasteiger partial charge on any atom is -0.476 e. The summed E-state index contributed by atoms with van der Waals surface area (Å²) in [6.07, 6.45) is 1.35. The predicted molar refractivity (Wildman–Crippen MR) is 85.4 cm³/mol. The molecule has 0 unspecified atom stereocenters. The first-order valence-electron chi connectivity index (χ1n) is 6.84. The lowest BCUT2D eigenvalue weighted by molar-refractivity contribution is 0.0692. The third kappa shape index (κ3) is 2.83. The molecule has 0 amide bonds. The van der Waals surface area contributed by atoms with Gasteiger partial charge in [-0.15, -0.1) is 0 Å². The first kappa shape index (κ1) is 13.9. The summed E-state index contributed by atoms with van der Waals surface area (Å²) in [6.45, 7) is 2.06. The summed E-state index contributed by atoms with van der Waals surface area (Å²) in [5, 5.41) is 12.0. The number of aromatic nitrogens is 2. The van der Waals surface area contributed by atoms with Crippen LogP contribution in [0.15, 0.2) is 54.9 Å². The molecule has 0 saturated carbocycles. The van der Waals surface area contributed by atoms with Crippen LogP contribution in [0.4, 0.5) is 11.5 Å². The highest BCUT2D eigenvalue weighted by atomic mass is 16.4. The highest BCUT2D eigenvalue weighted by molar-refractivity contribution is 5.91. The second kappa shape index (κ2) is 5.73. The van der Waals surface area contributed by atoms with Gasteiger partial charge in [0.05, 0.1) is 6.33 Å². The molecular weight excluding hydrogens is 278 g/mol. The van der Waals surface area contributed by atoms with Crippen molar-refractivity contribution in [3.63, 3.8) is 0 Å². The summed E-state index contributed by atoms with van der Waals surface area (Å²) in [4.78, 5) is 17.6. The number of hydrogen-bond donors (Lipinski definition) is 3. The van der Waals surface area contributed by atoms with Crippen molar-refractivity contribution in [3.05, 3.63) is 66.1 Å². The van der Waals surface area contributed by atoms with Gasteiger partial charge in [-0.2, -0.15) is 0 Å². The summed E-state index contributed by atoms with van der Waals surface area (Å²) < 4.78 is 0. The molecule has 0 bridgehead atoms. The molecule has 0 radical (unpaired) electrons. The van der Waals surface area contributed by atoms with Crippen LogP contribution in [-0.4, -0.2) is 21.0 Å². The van der Waals surface area contributed by atoms with Gasteiger partial charge in [-0.05, 0) is 30.2 Å². The van der Waals surface area contributed by atoms with Crippen molar-refractivity contribution < 1.29 is 9.90 Å². The van der Waals surface area contributed by atoms with Crippen LogP contribution < -0.4 is 5.32 Å². The Morgan fingerprint density at radius 1 is 1.05 bits per heavy atom. The summed E-state index contributed by atoms with van der Waals surface area (Å²) in [5.41, 5.74) is 4.30. The van der Waals surface area contributed by atoms with Crippen molar-refractivity contribution in [1.82, 2.24) is 9.97 Å². The number of benzene rings is 2. The average molecular weight is 293 g/mol. The number of imidazole rings is 1. The molecule has 0 saturated heterocycles. The van der Waals surface area contributed by atoms with Crippen molar-refractivity contribution in [1.29, 1.82) is 0 Å². The normalized spacial score (nSPS) is 10.4. The maximum Gasteiger partial charge on any atom is 0.356 e. The molecule has 3 aromatic rings. The maximum absolute atomic E-state index is 11.0. The fourth-order valence-electron chi connectivity index (χ4n) is 2.18. The Labute approximate surface area is 127 Å². The monoisotopic (exact) mass is 293 g/mol. The summed E-state index contributed by atoms with van der Waals surface area (Å²) in [5.74, 6) is -0.744. The number of aromatic amines is 1. The molecule has 2 aromatic carbocycles. The number of carboxylic acids is 1. The number of nitrogens with zero attached hydrogens (tertiary/aromatic N) is 1. The van der Waals surface area contributed by atoms with E-state index in [1.54, 1.807) is 0 Å². The van der Waals surface area contributed by atoms with Gasteiger partial charge in [0.1, 0.15) is 0 Å². The first-order valence-corrected chi connectivity index (χ1v) is 6.84. The minimum atomic E-state index is -1.05. The SMILES string of the molecule is Cc1ccc(-c2ccc(Nc3nc[nH]c3C(=O)O)cc2)cc1. The highest BCUT2D eigenvalue weighted by Gasteiger charge is 2.12. The van der Waals surface area contributed by atoms with E-state index in [9.17, 15) is 4.79 Å². The molecule has 3 rings (SSSR count). The maximum atomic E-state index is 11.0. The number of carbonyl (C=O) groups is 1. The molecule has 110 valence electrons. The summed E-state index contributed by atoms with van der Waals surface area (Å²) in [7, 11) is 0. The van der Waals surface area contributed by atoms with Crippen LogP contribution in [0.5, 0.6) is 0 Å². The van der Waals surface area contributed by atoms with Crippen LogP contribution in [0, 0.1) is 6.92 Å². The molecular formula is C17H15N3O2. The Kier molecular flexibility index (Phi) is 3.62. The molecule has 0 atom stereocenters. The zero-order chi connectivity index (χ0) is 15.5. The summed E-state index contributed by atoms with van der Waals surface area (Å²) in [6, 6.07) is 16.1. The largest absolute Gasteiger partial charge is 0.476 e. The molecule has 1 aromatic heterocycles. The number of anilines is 2. The molecule has 0 aliphatic heterocycles. The number of aromatic carboxylic acids is 1. The number of H-pyrrole nitrogens is 1. The Morgan fingerprint density at radius 2 is 1.64 bits per heavy atom. The van der Waals surface area contributed by atoms with Crippen molar-refractivity contribution in [2.75, 3.05) is 5.32 Å². The lowest BCUT2D eigenvalue weighted by Gasteiger charge is -2.07. The van der Waals surface area contributed by atoms with Crippen LogP contribution >= 0.6 is 0 Å². The Morgan fingerprint density at radius 3 is 2.23 bits per heavy atom. The van der Waals surface area contributed by atoms with E-state index < -0.39 is 5.97 Å². The van der Waals surface area contributed by atoms with E-state index in [-0.39, 0.29) is 5.69 Å². The second-order valence-electron chi connectivity index (χ2n) is 5.00. The van der Waals surface area contributed by atoms with Crippen molar-refractivity contribution in [3.8, 4) is 11.1 Å². The lowest BCUT2D eigenvalue weighted by atomic mass is 10.0. The average Bonchev–Trinajstić information content (AvgIpc) is 2.97. The molecule has 22 heavy (non-hydrogen) atoms. The van der Waals surface area contributed by atoms with Crippen LogP contribution in [0.3, 0.4) is 0 Å². The molecule has 0 aliphatic carbocycles. The smallest absolute Gasteiger partial charge is 0.356 e. The van der Waals surface area contributed by atoms with E-state index in [2.05, 4.69) is 46.5 Å². The first-order chi connectivity index (χ1) is 10.6. The Balaban J connectivity index is 1.81.